The standard InChI is InChI=1S/C10H8OS/c11-5-3-8-1-2-10-9(7-8)4-6-12-10/h1-2,4-7H,3H2. The van der Waals surface area contributed by atoms with E-state index in [1.165, 1.54) is 10.1 Å². The maximum absolute atomic E-state index is 10.3. The van der Waals surface area contributed by atoms with Crippen LogP contribution in [0, 0.1) is 0 Å². The van der Waals surface area contributed by atoms with E-state index in [2.05, 4.69) is 23.6 Å². The predicted octanol–water partition coefficient (Wildman–Crippen LogP) is 2.64. The average Bonchev–Trinajstić information content (AvgIpc) is 2.51. The Hall–Kier alpha value is -1.15. The molecule has 0 fully saturated rings. The minimum atomic E-state index is 0.520. The number of benzene rings is 1. The summed E-state index contributed by atoms with van der Waals surface area (Å²) in [5.74, 6) is 0. The summed E-state index contributed by atoms with van der Waals surface area (Å²) in [7, 11) is 0. The first-order valence-electron chi connectivity index (χ1n) is 3.80. The summed E-state index contributed by atoms with van der Waals surface area (Å²) < 4.78 is 1.28. The van der Waals surface area contributed by atoms with E-state index in [4.69, 9.17) is 0 Å². The Morgan fingerprint density at radius 1 is 1.33 bits per heavy atom. The van der Waals surface area contributed by atoms with E-state index in [1.807, 2.05) is 6.07 Å². The first-order chi connectivity index (χ1) is 5.90. The average molecular weight is 176 g/mol. The number of hydrogen-bond donors (Lipinski definition) is 0. The van der Waals surface area contributed by atoms with Gasteiger partial charge in [-0.25, -0.2) is 0 Å². The van der Waals surface area contributed by atoms with Gasteiger partial charge >= 0.3 is 0 Å². The van der Waals surface area contributed by atoms with E-state index in [0.29, 0.717) is 6.42 Å². The van der Waals surface area contributed by atoms with Gasteiger partial charge in [-0.05, 0) is 34.5 Å². The van der Waals surface area contributed by atoms with E-state index >= 15 is 0 Å². The maximum Gasteiger partial charge on any atom is 0.124 e. The zero-order chi connectivity index (χ0) is 8.39. The monoisotopic (exact) mass is 176 g/mol. The summed E-state index contributed by atoms with van der Waals surface area (Å²) in [6.07, 6.45) is 1.46. The van der Waals surface area contributed by atoms with Crippen molar-refractivity contribution in [3.63, 3.8) is 0 Å². The smallest absolute Gasteiger partial charge is 0.124 e. The molecular formula is C10H8OS. The topological polar surface area (TPSA) is 17.1 Å². The lowest BCUT2D eigenvalue weighted by Crippen LogP contribution is -1.83. The van der Waals surface area contributed by atoms with Gasteiger partial charge in [0, 0.05) is 11.1 Å². The van der Waals surface area contributed by atoms with Crippen LogP contribution in [0.15, 0.2) is 29.6 Å². The van der Waals surface area contributed by atoms with Gasteiger partial charge in [-0.3, -0.25) is 0 Å². The van der Waals surface area contributed by atoms with Crippen LogP contribution in [-0.2, 0) is 11.2 Å². The molecule has 0 saturated carbocycles. The molecule has 0 aliphatic carbocycles. The summed E-state index contributed by atoms with van der Waals surface area (Å²) in [4.78, 5) is 10.3. The van der Waals surface area contributed by atoms with Crippen molar-refractivity contribution in [2.75, 3.05) is 0 Å². The number of fused-ring (bicyclic) bond motifs is 1. The van der Waals surface area contributed by atoms with E-state index in [-0.39, 0.29) is 0 Å². The molecule has 0 saturated heterocycles. The molecule has 2 heteroatoms. The van der Waals surface area contributed by atoms with E-state index in [0.717, 1.165) is 11.8 Å². The van der Waals surface area contributed by atoms with Crippen LogP contribution in [-0.4, -0.2) is 6.29 Å². The molecular weight excluding hydrogens is 168 g/mol. The van der Waals surface area contributed by atoms with Gasteiger partial charge in [0.2, 0.25) is 0 Å². The first-order valence-corrected chi connectivity index (χ1v) is 4.68. The molecule has 0 unspecified atom stereocenters. The number of carbonyl (C=O) groups is 1. The second-order valence-electron chi connectivity index (χ2n) is 2.66. The maximum atomic E-state index is 10.3. The second kappa shape index (κ2) is 3.07. The summed E-state index contributed by atoms with van der Waals surface area (Å²) in [6.45, 7) is 0. The summed E-state index contributed by atoms with van der Waals surface area (Å²) in [5, 5.41) is 3.30. The Balaban J connectivity index is 2.52. The summed E-state index contributed by atoms with van der Waals surface area (Å²) in [5.41, 5.74) is 1.09. The molecule has 0 bridgehead atoms. The van der Waals surface area contributed by atoms with Crippen LogP contribution >= 0.6 is 11.3 Å². The van der Waals surface area contributed by atoms with Crippen LogP contribution in [0.25, 0.3) is 10.1 Å². The van der Waals surface area contributed by atoms with Gasteiger partial charge < -0.3 is 4.79 Å². The minimum Gasteiger partial charge on any atom is -0.303 e. The Labute approximate surface area is 74.6 Å². The first kappa shape index (κ1) is 7.50. The van der Waals surface area contributed by atoms with Gasteiger partial charge in [-0.15, -0.1) is 11.3 Å². The highest BCUT2D eigenvalue weighted by atomic mass is 32.1. The van der Waals surface area contributed by atoms with Gasteiger partial charge in [-0.1, -0.05) is 6.07 Å². The van der Waals surface area contributed by atoms with Crippen molar-refractivity contribution in [3.8, 4) is 0 Å². The van der Waals surface area contributed by atoms with Crippen molar-refractivity contribution in [1.29, 1.82) is 0 Å². The molecule has 1 heterocycles. The minimum absolute atomic E-state index is 0.520. The number of aldehydes is 1. The highest BCUT2D eigenvalue weighted by Gasteiger charge is 1.95. The van der Waals surface area contributed by atoms with Gasteiger partial charge in [-0.2, -0.15) is 0 Å². The predicted molar refractivity (Wildman–Crippen MR) is 51.6 cm³/mol. The van der Waals surface area contributed by atoms with Crippen molar-refractivity contribution in [2.45, 2.75) is 6.42 Å². The zero-order valence-corrected chi connectivity index (χ0v) is 7.30. The highest BCUT2D eigenvalue weighted by Crippen LogP contribution is 2.21. The normalized spacial score (nSPS) is 10.3. The fourth-order valence-corrected chi connectivity index (χ4v) is 2.01. The van der Waals surface area contributed by atoms with E-state index < -0.39 is 0 Å². The van der Waals surface area contributed by atoms with Gasteiger partial charge in [0.15, 0.2) is 0 Å². The molecule has 0 aliphatic heterocycles. The fraction of sp³-hybridized carbons (Fsp3) is 0.100. The number of carbonyl (C=O) groups excluding carboxylic acids is 1. The molecule has 0 atom stereocenters. The molecule has 1 aromatic carbocycles. The van der Waals surface area contributed by atoms with Crippen LogP contribution in [0.3, 0.4) is 0 Å². The van der Waals surface area contributed by atoms with Crippen molar-refractivity contribution < 1.29 is 4.79 Å². The molecule has 0 radical (unpaired) electrons. The number of thiophene rings is 1. The molecule has 0 aliphatic rings. The Bertz CT molecular complexity index is 403. The third-order valence-corrected chi connectivity index (χ3v) is 2.73. The summed E-state index contributed by atoms with van der Waals surface area (Å²) in [6, 6.07) is 8.22. The number of rotatable bonds is 2. The van der Waals surface area contributed by atoms with E-state index in [1.54, 1.807) is 11.3 Å². The van der Waals surface area contributed by atoms with Crippen LogP contribution in [0.2, 0.25) is 0 Å². The lowest BCUT2D eigenvalue weighted by atomic mass is 10.1. The Morgan fingerprint density at radius 2 is 2.25 bits per heavy atom. The zero-order valence-electron chi connectivity index (χ0n) is 6.49. The molecule has 60 valence electrons. The largest absolute Gasteiger partial charge is 0.303 e. The SMILES string of the molecule is O=CCc1ccc2sccc2c1. The van der Waals surface area contributed by atoms with Crippen LogP contribution in [0.1, 0.15) is 5.56 Å². The lowest BCUT2D eigenvalue weighted by molar-refractivity contribution is -0.107. The van der Waals surface area contributed by atoms with Gasteiger partial charge in [0.1, 0.15) is 6.29 Å². The van der Waals surface area contributed by atoms with Crippen molar-refractivity contribution in [3.05, 3.63) is 35.2 Å². The molecule has 2 rings (SSSR count). The molecule has 2 aromatic rings. The fourth-order valence-electron chi connectivity index (χ4n) is 1.24. The van der Waals surface area contributed by atoms with E-state index in [9.17, 15) is 4.79 Å². The second-order valence-corrected chi connectivity index (χ2v) is 3.61. The summed E-state index contributed by atoms with van der Waals surface area (Å²) >= 11 is 1.73. The Kier molecular flexibility index (Phi) is 1.92. The molecule has 12 heavy (non-hydrogen) atoms. The van der Waals surface area contributed by atoms with Crippen molar-refractivity contribution >= 4 is 27.7 Å². The molecule has 1 nitrogen and oxygen atoms in total. The Morgan fingerprint density at radius 3 is 3.08 bits per heavy atom. The van der Waals surface area contributed by atoms with Crippen molar-refractivity contribution in [1.82, 2.24) is 0 Å². The molecule has 0 N–H and O–H groups in total. The van der Waals surface area contributed by atoms with Gasteiger partial charge in [0.25, 0.3) is 0 Å². The van der Waals surface area contributed by atoms with Crippen LogP contribution in [0.5, 0.6) is 0 Å². The quantitative estimate of drug-likeness (QED) is 0.643. The number of hydrogen-bond acceptors (Lipinski definition) is 2. The van der Waals surface area contributed by atoms with Crippen LogP contribution < -0.4 is 0 Å². The highest BCUT2D eigenvalue weighted by molar-refractivity contribution is 7.17. The van der Waals surface area contributed by atoms with Crippen LogP contribution in [0.4, 0.5) is 0 Å². The van der Waals surface area contributed by atoms with Gasteiger partial charge in [0.05, 0.1) is 0 Å². The molecule has 0 amide bonds. The molecule has 0 spiro atoms. The third-order valence-electron chi connectivity index (χ3n) is 1.84. The van der Waals surface area contributed by atoms with Crippen molar-refractivity contribution in [2.24, 2.45) is 0 Å². The third kappa shape index (κ3) is 1.25. The lowest BCUT2D eigenvalue weighted by Gasteiger charge is -1.94. The molecule has 1 aromatic heterocycles.